The first-order valence-electron chi connectivity index (χ1n) is 11.6. The summed E-state index contributed by atoms with van der Waals surface area (Å²) in [6.45, 7) is 0.0508. The minimum atomic E-state index is -1.25. The minimum absolute atomic E-state index is 0.0380. The average Bonchev–Trinajstić information content (AvgIpc) is 3.55. The molecule has 2 fully saturated rings. The van der Waals surface area contributed by atoms with Gasteiger partial charge in [-0.3, -0.25) is 24.1 Å². The summed E-state index contributed by atoms with van der Waals surface area (Å²) in [4.78, 5) is 69.3. The summed E-state index contributed by atoms with van der Waals surface area (Å²) < 4.78 is 1.46. The largest absolute Gasteiger partial charge is 0.477 e. The number of β-lactam (4-membered cyclic amide) rings is 1. The van der Waals surface area contributed by atoms with E-state index in [1.54, 1.807) is 37.4 Å². The number of carbonyl (C=O) groups is 5. The molecule has 2 saturated heterocycles. The highest BCUT2D eigenvalue weighted by molar-refractivity contribution is 8.01. The van der Waals surface area contributed by atoms with Crippen molar-refractivity contribution in [1.82, 2.24) is 40.8 Å². The first kappa shape index (κ1) is 26.6. The number of thioether (sulfide) groups is 2. The fraction of sp³-hybridized carbons (Fsp3) is 0.364. The zero-order valence-electron chi connectivity index (χ0n) is 20.3. The zero-order chi connectivity index (χ0) is 27.7. The van der Waals surface area contributed by atoms with Crippen molar-refractivity contribution in [2.45, 2.75) is 29.0 Å². The van der Waals surface area contributed by atoms with E-state index in [0.717, 1.165) is 0 Å². The third kappa shape index (κ3) is 5.19. The van der Waals surface area contributed by atoms with E-state index in [1.165, 1.54) is 33.1 Å². The van der Waals surface area contributed by atoms with Gasteiger partial charge in [-0.25, -0.2) is 14.3 Å². The molecule has 1 aromatic carbocycles. The Morgan fingerprint density at radius 3 is 2.67 bits per heavy atom. The molecule has 5 amide bonds. The van der Waals surface area contributed by atoms with Crippen molar-refractivity contribution in [2.75, 3.05) is 18.1 Å². The molecule has 1 aromatic heterocycles. The van der Waals surface area contributed by atoms with Crippen LogP contribution in [-0.4, -0.2) is 94.5 Å². The third-order valence-corrected chi connectivity index (χ3v) is 8.55. The Balaban J connectivity index is 1.30. The van der Waals surface area contributed by atoms with E-state index in [4.69, 9.17) is 4.84 Å². The number of fused-ring (bicyclic) bond motifs is 1. The fourth-order valence-electron chi connectivity index (χ4n) is 4.22. The normalized spacial score (nSPS) is 21.4. The van der Waals surface area contributed by atoms with Crippen LogP contribution in [0, 0.1) is 0 Å². The van der Waals surface area contributed by atoms with Gasteiger partial charge in [0.2, 0.25) is 11.1 Å². The van der Waals surface area contributed by atoms with Crippen LogP contribution < -0.4 is 10.6 Å². The van der Waals surface area contributed by atoms with E-state index >= 15 is 0 Å². The first-order chi connectivity index (χ1) is 18.8. The van der Waals surface area contributed by atoms with Crippen LogP contribution >= 0.6 is 23.5 Å². The number of hydroxylamine groups is 2. The second-order valence-corrected chi connectivity index (χ2v) is 10.6. The van der Waals surface area contributed by atoms with E-state index in [9.17, 15) is 29.1 Å². The fourth-order valence-corrected chi connectivity index (χ4v) is 6.56. The maximum Gasteiger partial charge on any atom is 0.352 e. The maximum absolute atomic E-state index is 13.3. The van der Waals surface area contributed by atoms with Crippen LogP contribution in [0.1, 0.15) is 18.0 Å². The van der Waals surface area contributed by atoms with Gasteiger partial charge in [-0.05, 0) is 21.6 Å². The molecule has 17 heteroatoms. The monoisotopic (exact) mass is 574 g/mol. The number of benzene rings is 1. The van der Waals surface area contributed by atoms with E-state index in [1.807, 2.05) is 0 Å². The standard InChI is InChI=1S/C22H22N8O7S2/c1-28-22(25-26-27-28)39-10-12-9-38-19-15(18(33)29(19)16(12)20(34)35)23-17(32)14(11-5-3-2-4-6-11)24-21(36)30-13(31)7-8-37-30/h2-6,14-15,19H,7-10H2,1H3,(H,23,32)(H,24,36)(H,34,35)/t14?,15?,19-/m1/s1. The molecule has 15 nitrogen and oxygen atoms in total. The van der Waals surface area contributed by atoms with Gasteiger partial charge in [-0.15, -0.1) is 21.9 Å². The molecule has 0 bridgehead atoms. The molecule has 204 valence electrons. The maximum atomic E-state index is 13.3. The average molecular weight is 575 g/mol. The third-order valence-electron chi connectivity index (χ3n) is 6.11. The smallest absolute Gasteiger partial charge is 0.352 e. The van der Waals surface area contributed by atoms with Crippen LogP contribution in [0.25, 0.3) is 0 Å². The molecule has 0 radical (unpaired) electrons. The predicted octanol–water partition coefficient (Wildman–Crippen LogP) is -0.344. The summed E-state index contributed by atoms with van der Waals surface area (Å²) in [6, 6.07) is 5.14. The lowest BCUT2D eigenvalue weighted by molar-refractivity contribution is -0.151. The second-order valence-electron chi connectivity index (χ2n) is 8.59. The Morgan fingerprint density at radius 2 is 2.03 bits per heavy atom. The molecule has 3 N–H and O–H groups in total. The number of carbonyl (C=O) groups excluding carboxylic acids is 4. The summed E-state index contributed by atoms with van der Waals surface area (Å²) >= 11 is 2.56. The number of rotatable bonds is 8. The van der Waals surface area contributed by atoms with Crippen LogP contribution in [-0.2, 0) is 31.1 Å². The lowest BCUT2D eigenvalue weighted by Crippen LogP contribution is -2.71. The molecule has 0 aliphatic carbocycles. The van der Waals surface area contributed by atoms with Gasteiger partial charge in [-0.1, -0.05) is 42.1 Å². The lowest BCUT2D eigenvalue weighted by atomic mass is 10.0. The predicted molar refractivity (Wildman–Crippen MR) is 134 cm³/mol. The number of amides is 5. The van der Waals surface area contributed by atoms with Crippen molar-refractivity contribution in [1.29, 1.82) is 0 Å². The Bertz CT molecular complexity index is 1370. The molecule has 3 aliphatic heterocycles. The Labute approximate surface area is 229 Å². The van der Waals surface area contributed by atoms with Crippen LogP contribution in [0.5, 0.6) is 0 Å². The van der Waals surface area contributed by atoms with E-state index in [0.29, 0.717) is 27.1 Å². The number of hydrogen-bond donors (Lipinski definition) is 3. The summed E-state index contributed by atoms with van der Waals surface area (Å²) in [5, 5.41) is 26.6. The first-order valence-corrected chi connectivity index (χ1v) is 13.7. The summed E-state index contributed by atoms with van der Waals surface area (Å²) in [5.74, 6) is -2.51. The highest BCUT2D eigenvalue weighted by atomic mass is 32.2. The molecule has 5 rings (SSSR count). The van der Waals surface area contributed by atoms with Gasteiger partial charge in [0.05, 0.1) is 13.0 Å². The molecule has 3 atom stereocenters. The molecule has 3 aliphatic rings. The number of aliphatic carboxylic acids is 1. The van der Waals surface area contributed by atoms with Gasteiger partial charge in [0.1, 0.15) is 23.2 Å². The zero-order valence-corrected chi connectivity index (χ0v) is 22.0. The van der Waals surface area contributed by atoms with Gasteiger partial charge < -0.3 is 15.7 Å². The minimum Gasteiger partial charge on any atom is -0.477 e. The second kappa shape index (κ2) is 11.0. The van der Waals surface area contributed by atoms with Gasteiger partial charge in [0.15, 0.2) is 0 Å². The van der Waals surface area contributed by atoms with Crippen molar-refractivity contribution in [3.8, 4) is 0 Å². The number of urea groups is 1. The number of aryl methyl sites for hydroxylation is 1. The number of carboxylic acids is 1. The van der Waals surface area contributed by atoms with E-state index in [2.05, 4.69) is 26.2 Å². The van der Waals surface area contributed by atoms with Gasteiger partial charge in [0, 0.05) is 18.6 Å². The molecule has 2 unspecified atom stereocenters. The molecule has 4 heterocycles. The van der Waals surface area contributed by atoms with Crippen LogP contribution in [0.4, 0.5) is 4.79 Å². The summed E-state index contributed by atoms with van der Waals surface area (Å²) in [7, 11) is 1.66. The highest BCUT2D eigenvalue weighted by Gasteiger charge is 2.54. The molecule has 0 spiro atoms. The molecule has 2 aromatic rings. The number of carboxylic acid groups (broad SMARTS) is 1. The van der Waals surface area contributed by atoms with Gasteiger partial charge in [0.25, 0.3) is 11.8 Å². The Morgan fingerprint density at radius 1 is 1.26 bits per heavy atom. The lowest BCUT2D eigenvalue weighted by Gasteiger charge is -2.49. The number of tetrazole rings is 1. The Hall–Kier alpha value is -3.96. The van der Waals surface area contributed by atoms with Crippen molar-refractivity contribution in [3.63, 3.8) is 0 Å². The van der Waals surface area contributed by atoms with Gasteiger partial charge >= 0.3 is 12.0 Å². The van der Waals surface area contributed by atoms with E-state index in [-0.39, 0.29) is 24.5 Å². The number of nitrogens with zero attached hydrogens (tertiary/aromatic N) is 6. The molecular formula is C22H22N8O7S2. The quantitative estimate of drug-likeness (QED) is 0.275. The SMILES string of the molecule is Cn1nnnc1SCC1=C(C(=O)O)N2C(=O)C(NC(=O)C(NC(=O)N3OCCC3=O)c3ccccc3)[C@H]2SC1. The van der Waals surface area contributed by atoms with Crippen LogP contribution in [0.3, 0.4) is 0 Å². The molecular weight excluding hydrogens is 552 g/mol. The number of aromatic nitrogens is 4. The van der Waals surface area contributed by atoms with Crippen molar-refractivity contribution >= 4 is 53.2 Å². The van der Waals surface area contributed by atoms with Crippen molar-refractivity contribution in [3.05, 3.63) is 47.2 Å². The number of nitrogens with one attached hydrogen (secondary N) is 2. The van der Waals surface area contributed by atoms with Crippen molar-refractivity contribution in [2.24, 2.45) is 7.05 Å². The molecule has 39 heavy (non-hydrogen) atoms. The summed E-state index contributed by atoms with van der Waals surface area (Å²) in [6.07, 6.45) is 0.0380. The van der Waals surface area contributed by atoms with Crippen molar-refractivity contribution < 1.29 is 33.9 Å². The highest BCUT2D eigenvalue weighted by Crippen LogP contribution is 2.41. The number of imide groups is 1. The number of hydrogen-bond acceptors (Lipinski definition) is 11. The van der Waals surface area contributed by atoms with E-state index < -0.39 is 47.2 Å². The topological polar surface area (TPSA) is 189 Å². The Kier molecular flexibility index (Phi) is 7.53. The van der Waals surface area contributed by atoms with Crippen LogP contribution in [0.2, 0.25) is 0 Å². The van der Waals surface area contributed by atoms with Crippen LogP contribution in [0.15, 0.2) is 46.8 Å². The summed E-state index contributed by atoms with van der Waals surface area (Å²) in [5.41, 5.74) is 0.813. The van der Waals surface area contributed by atoms with Gasteiger partial charge in [-0.2, -0.15) is 0 Å². The molecule has 0 saturated carbocycles.